The first kappa shape index (κ1) is 40.7. The predicted octanol–water partition coefficient (Wildman–Crippen LogP) is 6.79. The van der Waals surface area contributed by atoms with E-state index in [1.54, 1.807) is 0 Å². The molecule has 7 nitrogen and oxygen atoms in total. The molecule has 11 rings (SSSR count). The fourth-order valence-electron chi connectivity index (χ4n) is 8.54. The summed E-state index contributed by atoms with van der Waals surface area (Å²) in [6.45, 7) is 0. The Morgan fingerprint density at radius 3 is 1.24 bits per heavy atom. The topological polar surface area (TPSA) is 82.3 Å². The van der Waals surface area contributed by atoms with Gasteiger partial charge in [0.15, 0.2) is 34.9 Å². The smallest absolute Gasteiger partial charge is 0.166 e. The van der Waals surface area contributed by atoms with E-state index in [0.29, 0.717) is 40.2 Å². The van der Waals surface area contributed by atoms with E-state index < -0.39 is 0 Å². The number of aromatic nitrogens is 7. The van der Waals surface area contributed by atoms with Crippen molar-refractivity contribution in [2.45, 2.75) is 0 Å². The molecule has 296 valence electrons. The Hall–Kier alpha value is -8.10. The lowest BCUT2D eigenvalue weighted by Gasteiger charge is -2.21. The minimum absolute atomic E-state index is 0.0848. The fraction of sp³-hybridized carbons (Fsp3) is 0. The van der Waals surface area contributed by atoms with Gasteiger partial charge >= 0.3 is 0 Å². The molecule has 10 radical (unpaired) electrons. The van der Waals surface area contributed by atoms with Crippen molar-refractivity contribution in [2.24, 2.45) is 0 Å². The average Bonchev–Trinajstić information content (AvgIpc) is 3.72. The zero-order valence-electron chi connectivity index (χ0n) is 35.3. The molecular weight excluding hydrogens is 801 g/mol. The van der Waals surface area contributed by atoms with Crippen LogP contribution in [0.4, 0.5) is 0 Å². The first-order valence-corrected chi connectivity index (χ1v) is 21.2. The van der Waals surface area contributed by atoms with Gasteiger partial charge in [-0.1, -0.05) is 163 Å². The Labute approximate surface area is 388 Å². The molecule has 0 aliphatic heterocycles. The normalized spacial score (nSPS) is 11.3. The van der Waals surface area contributed by atoms with Crippen molar-refractivity contribution in [3.05, 3.63) is 182 Å². The Kier molecular flexibility index (Phi) is 10.3. The van der Waals surface area contributed by atoms with E-state index in [2.05, 4.69) is 53.1 Å². The van der Waals surface area contributed by atoms with Crippen LogP contribution in [0, 0.1) is 0 Å². The van der Waals surface area contributed by atoms with Gasteiger partial charge in [-0.25, -0.2) is 29.9 Å². The number of para-hydroxylation sites is 2. The molecule has 0 bridgehead atoms. The number of hydrogen-bond donors (Lipinski definition) is 0. The molecular formula is C54H30B5N7. The Morgan fingerprint density at radius 2 is 0.682 bits per heavy atom. The standard InChI is InChI=1S/C54H30B5N7/c55-44-43(45(56)47(58)48(59)46(44)57)54-64-50(33-20-8-3-9-21-33)62-53(65-54)39-30-34(28-29-42(39)66-40-26-14-12-23-36(40)37-24-13-15-27-41(37)66)51-60-49(32-18-6-2-7-19-32)61-52(63-51)38-25-11-10-22-35(38)31-16-4-1-5-17-31/h1-30H. The molecule has 0 saturated carbocycles. The molecule has 0 spiro atoms. The summed E-state index contributed by atoms with van der Waals surface area (Å²) in [6.07, 6.45) is 0. The molecule has 0 amide bonds. The van der Waals surface area contributed by atoms with Gasteiger partial charge in [0.25, 0.3) is 0 Å². The quantitative estimate of drug-likeness (QED) is 0.157. The second-order valence-corrected chi connectivity index (χ2v) is 15.8. The Balaban J connectivity index is 1.22. The van der Waals surface area contributed by atoms with Crippen LogP contribution in [0.2, 0.25) is 0 Å². The molecule has 3 heterocycles. The molecule has 0 N–H and O–H groups in total. The lowest BCUT2D eigenvalue weighted by Crippen LogP contribution is -2.55. The number of fused-ring (bicyclic) bond motifs is 3. The van der Waals surface area contributed by atoms with Gasteiger partial charge in [-0.3, -0.25) is 0 Å². The summed E-state index contributed by atoms with van der Waals surface area (Å²) in [5, 5.41) is 2.18. The van der Waals surface area contributed by atoms with Crippen LogP contribution in [-0.2, 0) is 0 Å². The van der Waals surface area contributed by atoms with Crippen molar-refractivity contribution >= 4 is 88.4 Å². The summed E-state index contributed by atoms with van der Waals surface area (Å²) in [7, 11) is 32.5. The molecule has 12 heteroatoms. The summed E-state index contributed by atoms with van der Waals surface area (Å²) in [5.74, 6) is 2.33. The highest BCUT2D eigenvalue weighted by atomic mass is 15.1. The molecule has 11 aromatic rings. The van der Waals surface area contributed by atoms with Crippen molar-refractivity contribution in [3.63, 3.8) is 0 Å². The molecule has 3 aromatic heterocycles. The lowest BCUT2D eigenvalue weighted by molar-refractivity contribution is 1.06. The van der Waals surface area contributed by atoms with Gasteiger partial charge in [-0.15, -0.1) is 16.4 Å². The molecule has 0 atom stereocenters. The van der Waals surface area contributed by atoms with Gasteiger partial charge in [-0.2, -0.15) is 0 Å². The molecule has 0 aliphatic rings. The molecule has 8 aromatic carbocycles. The summed E-state index contributed by atoms with van der Waals surface area (Å²) in [6, 6.07) is 60.6. The highest BCUT2D eigenvalue weighted by Crippen LogP contribution is 2.39. The van der Waals surface area contributed by atoms with E-state index >= 15 is 0 Å². The minimum Gasteiger partial charge on any atom is -0.309 e. The molecule has 0 unspecified atom stereocenters. The highest BCUT2D eigenvalue weighted by Gasteiger charge is 2.24. The van der Waals surface area contributed by atoms with Crippen molar-refractivity contribution in [2.75, 3.05) is 0 Å². The van der Waals surface area contributed by atoms with Crippen LogP contribution in [0.3, 0.4) is 0 Å². The van der Waals surface area contributed by atoms with Gasteiger partial charge in [0, 0.05) is 44.2 Å². The third-order valence-corrected chi connectivity index (χ3v) is 11.8. The first-order valence-electron chi connectivity index (χ1n) is 21.2. The third kappa shape index (κ3) is 7.11. The van der Waals surface area contributed by atoms with Gasteiger partial charge in [0.1, 0.15) is 39.2 Å². The maximum Gasteiger partial charge on any atom is 0.166 e. The van der Waals surface area contributed by atoms with Crippen LogP contribution in [0.25, 0.3) is 107 Å². The van der Waals surface area contributed by atoms with Crippen LogP contribution >= 0.6 is 0 Å². The number of benzene rings is 8. The van der Waals surface area contributed by atoms with Crippen LogP contribution in [0.15, 0.2) is 182 Å². The number of hydrogen-bond acceptors (Lipinski definition) is 6. The van der Waals surface area contributed by atoms with Crippen LogP contribution in [-0.4, -0.2) is 73.7 Å². The van der Waals surface area contributed by atoms with Crippen LogP contribution in [0.1, 0.15) is 0 Å². The molecule has 0 saturated heterocycles. The first-order chi connectivity index (χ1) is 32.3. The van der Waals surface area contributed by atoms with Gasteiger partial charge in [0.05, 0.1) is 16.7 Å². The van der Waals surface area contributed by atoms with Gasteiger partial charge in [0.2, 0.25) is 0 Å². The molecule has 66 heavy (non-hydrogen) atoms. The van der Waals surface area contributed by atoms with Crippen molar-refractivity contribution in [1.82, 2.24) is 34.5 Å². The van der Waals surface area contributed by atoms with Gasteiger partial charge < -0.3 is 4.57 Å². The second-order valence-electron chi connectivity index (χ2n) is 15.8. The Morgan fingerprint density at radius 1 is 0.288 bits per heavy atom. The maximum atomic E-state index is 6.70. The average molecular weight is 831 g/mol. The van der Waals surface area contributed by atoms with Crippen molar-refractivity contribution in [1.29, 1.82) is 0 Å². The SMILES string of the molecule is [B]c1c([B])c([B])c(-c2nc(-c3ccccc3)nc(-c3cc(-c4nc(-c5ccccc5)nc(-c5ccccc5-c5ccccc5)n4)ccc3-n3c4ccccc4c4ccccc43)n2)c([B])c1[B]. The zero-order chi connectivity index (χ0) is 44.9. The summed E-state index contributed by atoms with van der Waals surface area (Å²) < 4.78 is 2.22. The highest BCUT2D eigenvalue weighted by molar-refractivity contribution is 6.68. The van der Waals surface area contributed by atoms with Crippen molar-refractivity contribution in [3.8, 4) is 85.1 Å². The summed E-state index contributed by atoms with van der Waals surface area (Å²) in [5.41, 5.74) is 9.29. The fourth-order valence-corrected chi connectivity index (χ4v) is 8.54. The largest absolute Gasteiger partial charge is 0.309 e. The van der Waals surface area contributed by atoms with E-state index in [9.17, 15) is 0 Å². The monoisotopic (exact) mass is 831 g/mol. The second kappa shape index (κ2) is 16.8. The minimum atomic E-state index is 0.0848. The van der Waals surface area contributed by atoms with Crippen molar-refractivity contribution < 1.29 is 0 Å². The van der Waals surface area contributed by atoms with E-state index in [0.717, 1.165) is 55.3 Å². The molecule has 0 aliphatic carbocycles. The van der Waals surface area contributed by atoms with Crippen LogP contribution in [0.5, 0.6) is 0 Å². The van der Waals surface area contributed by atoms with E-state index in [1.165, 1.54) is 0 Å². The van der Waals surface area contributed by atoms with Crippen LogP contribution < -0.4 is 27.3 Å². The van der Waals surface area contributed by atoms with E-state index in [1.807, 2.05) is 133 Å². The number of rotatable bonds is 8. The zero-order valence-corrected chi connectivity index (χ0v) is 35.3. The number of nitrogens with zero attached hydrogens (tertiary/aromatic N) is 7. The Bertz CT molecular complexity index is 3580. The summed E-state index contributed by atoms with van der Waals surface area (Å²) >= 11 is 0. The van der Waals surface area contributed by atoms with E-state index in [-0.39, 0.29) is 38.7 Å². The van der Waals surface area contributed by atoms with E-state index in [4.69, 9.17) is 69.1 Å². The predicted molar refractivity (Wildman–Crippen MR) is 273 cm³/mol. The van der Waals surface area contributed by atoms with Gasteiger partial charge in [-0.05, 0) is 41.5 Å². The summed E-state index contributed by atoms with van der Waals surface area (Å²) in [4.78, 5) is 30.8. The maximum absolute atomic E-state index is 6.70. The molecule has 0 fully saturated rings. The third-order valence-electron chi connectivity index (χ3n) is 11.8. The lowest BCUT2D eigenvalue weighted by atomic mass is 9.60.